The minimum atomic E-state index is -4.55. The van der Waals surface area contributed by atoms with Gasteiger partial charge in [-0.3, -0.25) is 4.79 Å². The Morgan fingerprint density at radius 2 is 1.86 bits per heavy atom. The van der Waals surface area contributed by atoms with Gasteiger partial charge in [0.05, 0.1) is 15.6 Å². The number of alkyl halides is 3. The number of hydrogen-bond donors (Lipinski definition) is 0. The van der Waals surface area contributed by atoms with Crippen molar-refractivity contribution < 1.29 is 22.5 Å². The molecule has 0 fully saturated rings. The zero-order valence-electron chi connectivity index (χ0n) is 13.5. The van der Waals surface area contributed by atoms with Gasteiger partial charge in [0, 0.05) is 23.5 Å². The zero-order valence-corrected chi connectivity index (χ0v) is 15.0. The lowest BCUT2D eigenvalue weighted by molar-refractivity contribution is -0.137. The Morgan fingerprint density at radius 3 is 2.54 bits per heavy atom. The summed E-state index contributed by atoms with van der Waals surface area (Å²) in [4.78, 5) is 19.1. The van der Waals surface area contributed by atoms with Crippen molar-refractivity contribution in [2.75, 3.05) is 0 Å². The third-order valence-electron chi connectivity index (χ3n) is 3.85. The summed E-state index contributed by atoms with van der Waals surface area (Å²) in [5, 5.41) is 3.88. The van der Waals surface area contributed by atoms with E-state index in [1.807, 2.05) is 0 Å². The molecule has 142 valence electrons. The van der Waals surface area contributed by atoms with Gasteiger partial charge in [0.2, 0.25) is 5.82 Å². The highest BCUT2D eigenvalue weighted by atomic mass is 35.5. The third kappa shape index (κ3) is 3.23. The Balaban J connectivity index is 1.75. The van der Waals surface area contributed by atoms with Crippen molar-refractivity contribution in [3.8, 4) is 23.0 Å². The molecule has 0 amide bonds. The number of pyridine rings is 1. The molecule has 0 bridgehead atoms. The number of nitrogens with zero attached hydrogens (tertiary/aromatic N) is 4. The fourth-order valence-electron chi connectivity index (χ4n) is 2.54. The highest BCUT2D eigenvalue weighted by Gasteiger charge is 2.32. The molecule has 3 heterocycles. The lowest BCUT2D eigenvalue weighted by Crippen LogP contribution is -2.06. The molecular formula is C17H7Cl2F3N4O2. The van der Waals surface area contributed by atoms with E-state index in [0.717, 1.165) is 16.7 Å². The Bertz CT molecular complexity index is 1220. The summed E-state index contributed by atoms with van der Waals surface area (Å²) >= 11 is 12.0. The fourth-order valence-corrected chi connectivity index (χ4v) is 3.07. The van der Waals surface area contributed by atoms with Crippen LogP contribution in [-0.4, -0.2) is 25.8 Å². The smallest absolute Gasteiger partial charge is 0.332 e. The number of aromatic nitrogens is 4. The average Bonchev–Trinajstić information content (AvgIpc) is 3.27. The van der Waals surface area contributed by atoms with Crippen LogP contribution in [0, 0.1) is 0 Å². The molecule has 4 aromatic rings. The number of aldehydes is 1. The zero-order chi connectivity index (χ0) is 20.1. The molecule has 6 nitrogen and oxygen atoms in total. The Morgan fingerprint density at radius 1 is 1.07 bits per heavy atom. The van der Waals surface area contributed by atoms with E-state index in [2.05, 4.69) is 15.1 Å². The molecule has 0 saturated heterocycles. The summed E-state index contributed by atoms with van der Waals surface area (Å²) in [6, 6.07) is 5.33. The van der Waals surface area contributed by atoms with Crippen molar-refractivity contribution >= 4 is 35.1 Å². The average molecular weight is 427 g/mol. The molecule has 0 unspecified atom stereocenters. The highest BCUT2D eigenvalue weighted by molar-refractivity contribution is 6.33. The van der Waals surface area contributed by atoms with Crippen molar-refractivity contribution in [3.63, 3.8) is 0 Å². The maximum Gasteiger partial charge on any atom is 0.417 e. The summed E-state index contributed by atoms with van der Waals surface area (Å²) in [6.45, 7) is 0. The third-order valence-corrected chi connectivity index (χ3v) is 4.44. The maximum absolute atomic E-state index is 12.9. The first-order valence-electron chi connectivity index (χ1n) is 7.61. The molecule has 0 saturated carbocycles. The van der Waals surface area contributed by atoms with Gasteiger partial charge in [-0.2, -0.15) is 18.2 Å². The fraction of sp³-hybridized carbons (Fsp3) is 0.0588. The van der Waals surface area contributed by atoms with Crippen LogP contribution in [0.1, 0.15) is 15.9 Å². The molecule has 1 aromatic carbocycles. The summed E-state index contributed by atoms with van der Waals surface area (Å²) in [5.41, 5.74) is 0.136. The van der Waals surface area contributed by atoms with Crippen LogP contribution in [0.3, 0.4) is 0 Å². The number of fused-ring (bicyclic) bond motifs is 1. The number of imidazole rings is 1. The van der Waals surface area contributed by atoms with Crippen molar-refractivity contribution in [3.05, 3.63) is 57.8 Å². The minimum absolute atomic E-state index is 0.0288. The SMILES string of the molecule is O=Cc1ccc(-c2noc(-c3cn4cc(C(F)(F)F)cc(Cl)c4n3)n2)c(Cl)c1. The molecule has 4 rings (SSSR count). The monoisotopic (exact) mass is 426 g/mol. The van der Waals surface area contributed by atoms with Crippen LogP contribution in [0.4, 0.5) is 13.2 Å². The molecule has 0 aliphatic carbocycles. The van der Waals surface area contributed by atoms with Gasteiger partial charge in [0.1, 0.15) is 12.0 Å². The van der Waals surface area contributed by atoms with Gasteiger partial charge >= 0.3 is 6.18 Å². The molecule has 0 radical (unpaired) electrons. The van der Waals surface area contributed by atoms with E-state index < -0.39 is 11.7 Å². The molecule has 0 aliphatic rings. The second-order valence-corrected chi connectivity index (χ2v) is 6.53. The maximum atomic E-state index is 12.9. The van der Waals surface area contributed by atoms with Crippen molar-refractivity contribution in [2.24, 2.45) is 0 Å². The molecular weight excluding hydrogens is 420 g/mol. The topological polar surface area (TPSA) is 73.3 Å². The van der Waals surface area contributed by atoms with E-state index in [1.54, 1.807) is 6.07 Å². The molecule has 0 spiro atoms. The molecule has 11 heteroatoms. The predicted molar refractivity (Wildman–Crippen MR) is 94.3 cm³/mol. The van der Waals surface area contributed by atoms with Crippen LogP contribution in [0.5, 0.6) is 0 Å². The first-order valence-corrected chi connectivity index (χ1v) is 8.36. The van der Waals surface area contributed by atoms with Gasteiger partial charge in [0.25, 0.3) is 5.89 Å². The summed E-state index contributed by atoms with van der Waals surface area (Å²) in [7, 11) is 0. The van der Waals surface area contributed by atoms with Crippen LogP contribution in [-0.2, 0) is 6.18 Å². The molecule has 3 aromatic heterocycles. The summed E-state index contributed by atoms with van der Waals surface area (Å²) in [6.07, 6.45) is -1.74. The van der Waals surface area contributed by atoms with E-state index >= 15 is 0 Å². The molecule has 0 aliphatic heterocycles. The van der Waals surface area contributed by atoms with Crippen LogP contribution >= 0.6 is 23.2 Å². The van der Waals surface area contributed by atoms with Gasteiger partial charge in [0.15, 0.2) is 5.65 Å². The van der Waals surface area contributed by atoms with Gasteiger partial charge in [-0.1, -0.05) is 34.4 Å². The lowest BCUT2D eigenvalue weighted by Gasteiger charge is -2.07. The number of carbonyl (C=O) groups is 1. The van der Waals surface area contributed by atoms with E-state index in [0.29, 0.717) is 17.4 Å². The normalized spacial score (nSPS) is 11.9. The van der Waals surface area contributed by atoms with E-state index in [4.69, 9.17) is 27.7 Å². The summed E-state index contributed by atoms with van der Waals surface area (Å²) < 4.78 is 45.1. The predicted octanol–water partition coefficient (Wildman–Crippen LogP) is 5.19. The first kappa shape index (κ1) is 18.5. The lowest BCUT2D eigenvalue weighted by atomic mass is 10.1. The van der Waals surface area contributed by atoms with Crippen molar-refractivity contribution in [1.82, 2.24) is 19.5 Å². The van der Waals surface area contributed by atoms with Gasteiger partial charge in [-0.05, 0) is 18.2 Å². The Hall–Kier alpha value is -2.91. The highest BCUT2D eigenvalue weighted by Crippen LogP contribution is 2.33. The number of carbonyl (C=O) groups excluding carboxylic acids is 1. The van der Waals surface area contributed by atoms with Crippen molar-refractivity contribution in [2.45, 2.75) is 6.18 Å². The standard InChI is InChI=1S/C17H7Cl2F3N4O2/c18-11-3-8(7-27)1-2-10(11)14-24-16(28-25-14)13-6-26-5-9(17(20,21)22)4-12(19)15(26)23-13/h1-7H. The first-order chi connectivity index (χ1) is 13.3. The van der Waals surface area contributed by atoms with Gasteiger partial charge in [-0.15, -0.1) is 0 Å². The second-order valence-electron chi connectivity index (χ2n) is 5.71. The Kier molecular flexibility index (Phi) is 4.35. The molecule has 0 atom stereocenters. The van der Waals surface area contributed by atoms with Crippen LogP contribution in [0.2, 0.25) is 10.0 Å². The van der Waals surface area contributed by atoms with E-state index in [-0.39, 0.29) is 33.1 Å². The number of hydrogen-bond acceptors (Lipinski definition) is 5. The number of rotatable bonds is 3. The summed E-state index contributed by atoms with van der Waals surface area (Å²) in [5.74, 6) is 0.107. The van der Waals surface area contributed by atoms with Crippen molar-refractivity contribution in [1.29, 1.82) is 0 Å². The van der Waals surface area contributed by atoms with Crippen LogP contribution in [0.25, 0.3) is 28.6 Å². The number of halogens is 5. The van der Waals surface area contributed by atoms with Crippen LogP contribution < -0.4 is 0 Å². The molecule has 0 N–H and O–H groups in total. The molecule has 28 heavy (non-hydrogen) atoms. The van der Waals surface area contributed by atoms with Gasteiger partial charge in [-0.25, -0.2) is 4.98 Å². The number of benzene rings is 1. The Labute approximate surface area is 164 Å². The second kappa shape index (κ2) is 6.61. The quantitative estimate of drug-likeness (QED) is 0.421. The van der Waals surface area contributed by atoms with Gasteiger partial charge < -0.3 is 8.92 Å². The van der Waals surface area contributed by atoms with E-state index in [9.17, 15) is 18.0 Å². The minimum Gasteiger partial charge on any atom is -0.332 e. The van der Waals surface area contributed by atoms with E-state index in [1.165, 1.54) is 18.3 Å². The van der Waals surface area contributed by atoms with Crippen LogP contribution in [0.15, 0.2) is 41.2 Å². The largest absolute Gasteiger partial charge is 0.417 e.